The molecule has 36 heavy (non-hydrogen) atoms. The van der Waals surface area contributed by atoms with Gasteiger partial charge in [0.05, 0.1) is 11.1 Å². The van der Waals surface area contributed by atoms with E-state index in [4.69, 9.17) is 18.9 Å². The minimum atomic E-state index is -0.691. The summed E-state index contributed by atoms with van der Waals surface area (Å²) in [5.74, 6) is -1.91. The molecule has 0 bridgehead atoms. The summed E-state index contributed by atoms with van der Waals surface area (Å²) in [6, 6.07) is 15.7. The van der Waals surface area contributed by atoms with Crippen LogP contribution in [0.2, 0.25) is 0 Å². The first-order chi connectivity index (χ1) is 17.3. The lowest BCUT2D eigenvalue weighted by Crippen LogP contribution is -2.10. The fraction of sp³-hybridized carbons (Fsp3) is 0. The Kier molecular flexibility index (Phi) is 8.23. The van der Waals surface area contributed by atoms with Crippen LogP contribution in [-0.2, 0) is 9.59 Å². The Bertz CT molecular complexity index is 1340. The van der Waals surface area contributed by atoms with Gasteiger partial charge in [0.1, 0.15) is 22.9 Å². The number of carbonyl (C=O) groups excluding carboxylic acids is 4. The number of benzene rings is 3. The molecular formula is C27H19NO8. The van der Waals surface area contributed by atoms with E-state index in [1.54, 1.807) is 0 Å². The summed E-state index contributed by atoms with van der Waals surface area (Å²) in [5.41, 5.74) is 0.567. The Hall–Kier alpha value is -5.31. The lowest BCUT2D eigenvalue weighted by molar-refractivity contribution is -0.129. The van der Waals surface area contributed by atoms with E-state index in [0.29, 0.717) is 0 Å². The first-order valence-corrected chi connectivity index (χ1v) is 10.3. The topological polar surface area (TPSA) is 118 Å². The van der Waals surface area contributed by atoms with E-state index >= 15 is 0 Å². The van der Waals surface area contributed by atoms with Crippen LogP contribution in [-0.4, -0.2) is 30.6 Å². The van der Waals surface area contributed by atoms with Crippen LogP contribution in [0.3, 0.4) is 0 Å². The molecule has 3 rings (SSSR count). The first-order valence-electron chi connectivity index (χ1n) is 10.3. The number of rotatable bonds is 9. The Labute approximate surface area is 205 Å². The Morgan fingerprint density at radius 3 is 1.50 bits per heavy atom. The highest BCUT2D eigenvalue weighted by Crippen LogP contribution is 2.32. The summed E-state index contributed by atoms with van der Waals surface area (Å²) in [4.78, 5) is 51.3. The van der Waals surface area contributed by atoms with Crippen LogP contribution in [0, 0.1) is 0 Å². The van der Waals surface area contributed by atoms with Gasteiger partial charge in [-0.25, -0.2) is 19.2 Å². The third-order valence-corrected chi connectivity index (χ3v) is 4.46. The molecule has 180 valence electrons. The van der Waals surface area contributed by atoms with Crippen molar-refractivity contribution in [2.24, 2.45) is 4.99 Å². The van der Waals surface area contributed by atoms with Crippen LogP contribution in [0.4, 0.5) is 5.69 Å². The molecule has 3 aromatic carbocycles. The second-order valence-electron chi connectivity index (χ2n) is 6.87. The standard InChI is InChI=1S/C27H19NO8/c1-4-24(29)33-19-10-6-17(7-11-19)26(31)35-21-14-15-23(22(16-21)28-3)36-27(32)18-8-12-20(13-9-18)34-25(30)5-2/h4-16H,1-3H2. The summed E-state index contributed by atoms with van der Waals surface area (Å²) in [6.45, 7) is 10.1. The van der Waals surface area contributed by atoms with Gasteiger partial charge >= 0.3 is 23.9 Å². The fourth-order valence-electron chi connectivity index (χ4n) is 2.73. The summed E-state index contributed by atoms with van der Waals surface area (Å²) in [7, 11) is 0. The van der Waals surface area contributed by atoms with Crippen LogP contribution in [0.5, 0.6) is 23.0 Å². The van der Waals surface area contributed by atoms with Gasteiger partial charge in [0.2, 0.25) is 0 Å². The largest absolute Gasteiger partial charge is 0.423 e. The lowest BCUT2D eigenvalue weighted by Gasteiger charge is -2.10. The predicted molar refractivity (Wildman–Crippen MR) is 130 cm³/mol. The van der Waals surface area contributed by atoms with E-state index in [9.17, 15) is 19.2 Å². The molecule has 0 aliphatic carbocycles. The van der Waals surface area contributed by atoms with Crippen molar-refractivity contribution in [3.05, 3.63) is 103 Å². The van der Waals surface area contributed by atoms with Gasteiger partial charge in [-0.15, -0.1) is 0 Å². The summed E-state index contributed by atoms with van der Waals surface area (Å²) < 4.78 is 20.6. The molecular weight excluding hydrogens is 466 g/mol. The van der Waals surface area contributed by atoms with E-state index in [1.807, 2.05) is 0 Å². The van der Waals surface area contributed by atoms with E-state index in [1.165, 1.54) is 66.7 Å². The monoisotopic (exact) mass is 485 g/mol. The molecule has 0 radical (unpaired) electrons. The van der Waals surface area contributed by atoms with Crippen LogP contribution in [0.1, 0.15) is 20.7 Å². The van der Waals surface area contributed by atoms with Crippen molar-refractivity contribution in [2.75, 3.05) is 0 Å². The van der Waals surface area contributed by atoms with Crippen molar-refractivity contribution in [1.82, 2.24) is 0 Å². The van der Waals surface area contributed by atoms with Crippen LogP contribution in [0.25, 0.3) is 0 Å². The van der Waals surface area contributed by atoms with Gasteiger partial charge in [0, 0.05) is 18.2 Å². The third kappa shape index (κ3) is 6.61. The quantitative estimate of drug-likeness (QED) is 0.186. The molecule has 0 N–H and O–H groups in total. The average Bonchev–Trinajstić information content (AvgIpc) is 2.90. The Morgan fingerprint density at radius 1 is 0.611 bits per heavy atom. The molecule has 3 aromatic rings. The molecule has 0 fully saturated rings. The zero-order valence-electron chi connectivity index (χ0n) is 18.8. The fourth-order valence-corrected chi connectivity index (χ4v) is 2.73. The molecule has 0 aliphatic rings. The molecule has 9 nitrogen and oxygen atoms in total. The van der Waals surface area contributed by atoms with Gasteiger partial charge in [-0.05, 0) is 67.4 Å². The van der Waals surface area contributed by atoms with Gasteiger partial charge in [-0.1, -0.05) is 13.2 Å². The molecule has 0 atom stereocenters. The van der Waals surface area contributed by atoms with E-state index in [0.717, 1.165) is 12.2 Å². The van der Waals surface area contributed by atoms with Gasteiger partial charge in [0.15, 0.2) is 5.75 Å². The number of hydrogen-bond donors (Lipinski definition) is 0. The van der Waals surface area contributed by atoms with Crippen molar-refractivity contribution in [2.45, 2.75) is 0 Å². The minimum absolute atomic E-state index is 0.0883. The zero-order chi connectivity index (χ0) is 26.1. The van der Waals surface area contributed by atoms with E-state index < -0.39 is 23.9 Å². The van der Waals surface area contributed by atoms with Crippen molar-refractivity contribution < 1.29 is 38.1 Å². The smallest absolute Gasteiger partial charge is 0.343 e. The molecule has 0 aromatic heterocycles. The first kappa shape index (κ1) is 25.3. The SMILES string of the molecule is C=CC(=O)Oc1ccc(C(=O)Oc2ccc(OC(=O)c3ccc(OC(=O)C=C)cc3)c(N=C)c2)cc1. The maximum Gasteiger partial charge on any atom is 0.343 e. The second kappa shape index (κ2) is 11.7. The highest BCUT2D eigenvalue weighted by molar-refractivity contribution is 5.93. The normalized spacial score (nSPS) is 9.89. The molecule has 0 aliphatic heterocycles. The predicted octanol–water partition coefficient (Wildman–Crippen LogP) is 4.64. The highest BCUT2D eigenvalue weighted by atomic mass is 16.5. The summed E-state index contributed by atoms with van der Waals surface area (Å²) in [6.07, 6.45) is 2.04. The van der Waals surface area contributed by atoms with Gasteiger partial charge < -0.3 is 18.9 Å². The van der Waals surface area contributed by atoms with Crippen LogP contribution in [0.15, 0.2) is 97.0 Å². The number of esters is 4. The van der Waals surface area contributed by atoms with E-state index in [-0.39, 0.29) is 39.8 Å². The number of hydrogen-bond acceptors (Lipinski definition) is 9. The Balaban J connectivity index is 1.66. The molecule has 0 saturated carbocycles. The number of nitrogens with zero attached hydrogens (tertiary/aromatic N) is 1. The highest BCUT2D eigenvalue weighted by Gasteiger charge is 2.15. The second-order valence-corrected chi connectivity index (χ2v) is 6.87. The lowest BCUT2D eigenvalue weighted by atomic mass is 10.2. The molecule has 0 spiro atoms. The van der Waals surface area contributed by atoms with Crippen molar-refractivity contribution >= 4 is 36.3 Å². The van der Waals surface area contributed by atoms with Gasteiger partial charge in [-0.2, -0.15) is 0 Å². The van der Waals surface area contributed by atoms with Gasteiger partial charge in [0.25, 0.3) is 0 Å². The number of aliphatic imine (C=N–C) groups is 1. The number of carbonyl (C=O) groups is 4. The van der Waals surface area contributed by atoms with E-state index in [2.05, 4.69) is 24.9 Å². The summed E-state index contributed by atoms with van der Waals surface area (Å²) in [5, 5.41) is 0. The molecule has 0 saturated heterocycles. The number of ether oxygens (including phenoxy) is 4. The molecule has 0 amide bonds. The molecule has 9 heteroatoms. The van der Waals surface area contributed by atoms with Crippen molar-refractivity contribution in [3.63, 3.8) is 0 Å². The van der Waals surface area contributed by atoms with Crippen LogP contribution < -0.4 is 18.9 Å². The Morgan fingerprint density at radius 2 is 1.06 bits per heavy atom. The molecule has 0 heterocycles. The minimum Gasteiger partial charge on any atom is -0.423 e. The van der Waals surface area contributed by atoms with Crippen molar-refractivity contribution in [1.29, 1.82) is 0 Å². The average molecular weight is 485 g/mol. The molecule has 0 unspecified atom stereocenters. The van der Waals surface area contributed by atoms with Gasteiger partial charge in [-0.3, -0.25) is 4.99 Å². The summed E-state index contributed by atoms with van der Waals surface area (Å²) >= 11 is 0. The van der Waals surface area contributed by atoms with Crippen molar-refractivity contribution in [3.8, 4) is 23.0 Å². The maximum absolute atomic E-state index is 12.5. The third-order valence-electron chi connectivity index (χ3n) is 4.46. The maximum atomic E-state index is 12.5. The van der Waals surface area contributed by atoms with Crippen LogP contribution >= 0.6 is 0 Å². The zero-order valence-corrected chi connectivity index (χ0v) is 18.8.